The van der Waals surface area contributed by atoms with Gasteiger partial charge in [-0.2, -0.15) is 0 Å². The van der Waals surface area contributed by atoms with Crippen molar-refractivity contribution < 1.29 is 80.2 Å². The third-order valence-corrected chi connectivity index (χ3v) is 16.3. The molecular weight excluding hydrogens is 1080 g/mol. The van der Waals surface area contributed by atoms with E-state index in [1.54, 1.807) is 0 Å². The first-order chi connectivity index (χ1) is 39.2. The van der Waals surface area contributed by atoms with Crippen LogP contribution in [0.15, 0.2) is 0 Å². The van der Waals surface area contributed by atoms with E-state index in [0.29, 0.717) is 25.7 Å². The highest BCUT2D eigenvalue weighted by molar-refractivity contribution is 7.47. The zero-order valence-electron chi connectivity index (χ0n) is 51.7. The fourth-order valence-corrected chi connectivity index (χ4v) is 10.9. The van der Waals surface area contributed by atoms with E-state index in [4.69, 9.17) is 37.0 Å². The maximum atomic E-state index is 13.0. The van der Waals surface area contributed by atoms with Gasteiger partial charge in [0.2, 0.25) is 0 Å². The van der Waals surface area contributed by atoms with Gasteiger partial charge in [0.15, 0.2) is 12.2 Å². The van der Waals surface area contributed by atoms with Crippen molar-refractivity contribution in [1.82, 2.24) is 0 Å². The Hall–Kier alpha value is -1.94. The molecule has 5 atom stereocenters. The van der Waals surface area contributed by atoms with Crippen LogP contribution in [0.4, 0.5) is 0 Å². The molecule has 3 N–H and O–H groups in total. The number of phosphoric acid groups is 2. The largest absolute Gasteiger partial charge is 0.472 e. The molecule has 0 aliphatic heterocycles. The number of aliphatic hydroxyl groups excluding tert-OH is 1. The Labute approximate surface area is 492 Å². The van der Waals surface area contributed by atoms with Crippen LogP contribution in [0.1, 0.15) is 317 Å². The first-order valence-electron chi connectivity index (χ1n) is 32.8. The molecule has 0 radical (unpaired) electrons. The van der Waals surface area contributed by atoms with Gasteiger partial charge in [0.25, 0.3) is 0 Å². The van der Waals surface area contributed by atoms with Crippen molar-refractivity contribution in [3.05, 3.63) is 0 Å². The normalized spacial score (nSPS) is 14.2. The number of hydrogen-bond donors (Lipinski definition) is 3. The molecule has 0 aromatic rings. The van der Waals surface area contributed by atoms with Crippen molar-refractivity contribution >= 4 is 39.5 Å². The number of unbranched alkanes of at least 4 members (excludes halogenated alkanes) is 37. The van der Waals surface area contributed by atoms with E-state index in [0.717, 1.165) is 103 Å². The first kappa shape index (κ1) is 79.1. The lowest BCUT2D eigenvalue weighted by atomic mass is 10.0. The van der Waals surface area contributed by atoms with Gasteiger partial charge in [-0.15, -0.1) is 0 Å². The summed E-state index contributed by atoms with van der Waals surface area (Å²) in [5.41, 5.74) is 0. The third kappa shape index (κ3) is 56.9. The molecule has 81 heavy (non-hydrogen) atoms. The summed E-state index contributed by atoms with van der Waals surface area (Å²) in [6.07, 6.45) is 42.2. The standard InChI is InChI=1S/C62H120O17P2/c1-5-9-13-17-20-23-25-26-27-28-29-30-31-32-34-37-41-45-49-62(67)79-58(53-73-60(65)47-43-39-36-33-24-21-18-14-10-6-2)55-77-81(70,71)75-51-56(63)50-74-80(68,69)76-54-57(52-72-59(64)46-42-38-16-12-8-4)78-61(66)48-44-40-35-22-19-15-11-7-3/h56-58,63H,5-55H2,1-4H3,(H,68,69)(H,70,71)/t56-,57+,58+/m0/s1. The topological polar surface area (TPSA) is 237 Å². The van der Waals surface area contributed by atoms with Gasteiger partial charge in [0.1, 0.15) is 19.3 Å². The van der Waals surface area contributed by atoms with Crippen LogP contribution in [0, 0.1) is 0 Å². The highest BCUT2D eigenvalue weighted by Gasteiger charge is 2.30. The molecule has 17 nitrogen and oxygen atoms in total. The van der Waals surface area contributed by atoms with E-state index < -0.39 is 97.5 Å². The molecule has 0 aromatic carbocycles. The highest BCUT2D eigenvalue weighted by atomic mass is 31.2. The fourth-order valence-electron chi connectivity index (χ4n) is 9.28. The molecule has 480 valence electrons. The van der Waals surface area contributed by atoms with Crippen LogP contribution in [0.2, 0.25) is 0 Å². The number of carbonyl (C=O) groups excluding carboxylic acids is 4. The smallest absolute Gasteiger partial charge is 0.462 e. The van der Waals surface area contributed by atoms with Gasteiger partial charge < -0.3 is 33.8 Å². The monoisotopic (exact) mass is 1200 g/mol. The van der Waals surface area contributed by atoms with Crippen LogP contribution in [0.5, 0.6) is 0 Å². The van der Waals surface area contributed by atoms with E-state index >= 15 is 0 Å². The van der Waals surface area contributed by atoms with E-state index in [9.17, 15) is 43.2 Å². The summed E-state index contributed by atoms with van der Waals surface area (Å²) < 4.78 is 67.6. The van der Waals surface area contributed by atoms with Crippen LogP contribution in [-0.4, -0.2) is 96.7 Å². The number of aliphatic hydroxyl groups is 1. The summed E-state index contributed by atoms with van der Waals surface area (Å²) in [7, 11) is -9.87. The Morgan fingerprint density at radius 3 is 0.728 bits per heavy atom. The summed E-state index contributed by atoms with van der Waals surface area (Å²) in [6, 6.07) is 0. The van der Waals surface area contributed by atoms with Gasteiger partial charge >= 0.3 is 39.5 Å². The van der Waals surface area contributed by atoms with Crippen molar-refractivity contribution in [3.63, 3.8) is 0 Å². The molecule has 19 heteroatoms. The predicted molar refractivity (Wildman–Crippen MR) is 322 cm³/mol. The Morgan fingerprint density at radius 1 is 0.296 bits per heavy atom. The minimum Gasteiger partial charge on any atom is -0.462 e. The summed E-state index contributed by atoms with van der Waals surface area (Å²) in [6.45, 7) is 4.76. The Kier molecular flexibility index (Phi) is 55.8. The van der Waals surface area contributed by atoms with Gasteiger partial charge in [-0.1, -0.05) is 265 Å². The average Bonchev–Trinajstić information content (AvgIpc) is 3.44. The fraction of sp³-hybridized carbons (Fsp3) is 0.935. The van der Waals surface area contributed by atoms with Gasteiger partial charge in [0.05, 0.1) is 26.4 Å². The summed E-state index contributed by atoms with van der Waals surface area (Å²) in [5, 5.41) is 10.5. The molecule has 0 fully saturated rings. The van der Waals surface area contributed by atoms with Crippen LogP contribution >= 0.6 is 15.6 Å². The number of carbonyl (C=O) groups is 4. The van der Waals surface area contributed by atoms with Gasteiger partial charge in [-0.05, 0) is 25.7 Å². The molecule has 0 aliphatic carbocycles. The van der Waals surface area contributed by atoms with E-state index in [2.05, 4.69) is 27.7 Å². The molecule has 0 amide bonds. The van der Waals surface area contributed by atoms with E-state index in [1.165, 1.54) is 135 Å². The zero-order chi connectivity index (χ0) is 59.8. The predicted octanol–water partition coefficient (Wildman–Crippen LogP) is 17.2. The molecule has 0 bridgehead atoms. The Balaban J connectivity index is 5.11. The molecule has 0 heterocycles. The summed E-state index contributed by atoms with van der Waals surface area (Å²) >= 11 is 0. The SMILES string of the molecule is CCCCCCCCCCCCCCCCCCCCC(=O)O[C@H](COC(=O)CCCCCCCCCCCC)COP(=O)(O)OC[C@@H](O)COP(=O)(O)OC[C@@H](COC(=O)CCCCCCC)OC(=O)CCCCCCCCCC. The lowest BCUT2D eigenvalue weighted by Gasteiger charge is -2.21. The first-order valence-corrected chi connectivity index (χ1v) is 35.8. The number of esters is 4. The molecule has 0 aliphatic rings. The number of ether oxygens (including phenoxy) is 4. The van der Waals surface area contributed by atoms with Gasteiger partial charge in [-0.3, -0.25) is 37.3 Å². The average molecular weight is 1200 g/mol. The second-order valence-corrected chi connectivity index (χ2v) is 25.4. The third-order valence-electron chi connectivity index (χ3n) is 14.4. The Morgan fingerprint density at radius 2 is 0.494 bits per heavy atom. The van der Waals surface area contributed by atoms with Crippen molar-refractivity contribution in [1.29, 1.82) is 0 Å². The molecule has 0 saturated carbocycles. The second-order valence-electron chi connectivity index (χ2n) is 22.4. The van der Waals surface area contributed by atoms with Crippen molar-refractivity contribution in [2.24, 2.45) is 0 Å². The summed E-state index contributed by atoms with van der Waals surface area (Å²) in [4.78, 5) is 71.7. The molecular formula is C62H120O17P2. The quantitative estimate of drug-likeness (QED) is 0.0222. The molecule has 0 aromatic heterocycles. The second kappa shape index (κ2) is 57.2. The molecule has 2 unspecified atom stereocenters. The maximum absolute atomic E-state index is 13.0. The Bertz CT molecular complexity index is 1570. The highest BCUT2D eigenvalue weighted by Crippen LogP contribution is 2.45. The lowest BCUT2D eigenvalue weighted by Crippen LogP contribution is -2.30. The van der Waals surface area contributed by atoms with Crippen LogP contribution in [-0.2, 0) is 65.4 Å². The van der Waals surface area contributed by atoms with Crippen LogP contribution < -0.4 is 0 Å². The maximum Gasteiger partial charge on any atom is 0.472 e. The zero-order valence-corrected chi connectivity index (χ0v) is 53.5. The van der Waals surface area contributed by atoms with Crippen molar-refractivity contribution in [3.8, 4) is 0 Å². The molecule has 0 saturated heterocycles. The van der Waals surface area contributed by atoms with E-state index in [-0.39, 0.29) is 25.7 Å². The van der Waals surface area contributed by atoms with Crippen molar-refractivity contribution in [2.75, 3.05) is 39.6 Å². The molecule has 0 rings (SSSR count). The number of rotatable bonds is 63. The van der Waals surface area contributed by atoms with E-state index in [1.807, 2.05) is 0 Å². The molecule has 0 spiro atoms. The minimum atomic E-state index is -4.94. The lowest BCUT2D eigenvalue weighted by molar-refractivity contribution is -0.161. The van der Waals surface area contributed by atoms with Crippen LogP contribution in [0.25, 0.3) is 0 Å². The van der Waals surface area contributed by atoms with Crippen LogP contribution in [0.3, 0.4) is 0 Å². The number of hydrogen-bond acceptors (Lipinski definition) is 15. The number of phosphoric ester groups is 2. The van der Waals surface area contributed by atoms with Crippen molar-refractivity contribution in [2.45, 2.75) is 335 Å². The summed E-state index contributed by atoms with van der Waals surface area (Å²) in [5.74, 6) is -2.15. The van der Waals surface area contributed by atoms with Gasteiger partial charge in [0, 0.05) is 25.7 Å². The van der Waals surface area contributed by atoms with Gasteiger partial charge in [-0.25, -0.2) is 9.13 Å². The minimum absolute atomic E-state index is 0.104.